The largest absolute Gasteiger partial charge is 0.508 e. The monoisotopic (exact) mass is 568 g/mol. The second-order valence-corrected chi connectivity index (χ2v) is 10.5. The second kappa shape index (κ2) is 15.4. The van der Waals surface area contributed by atoms with Gasteiger partial charge in [0.2, 0.25) is 11.8 Å². The molecule has 0 spiro atoms. The van der Waals surface area contributed by atoms with Gasteiger partial charge < -0.3 is 32.1 Å². The second-order valence-electron chi connectivity index (χ2n) is 10.5. The van der Waals surface area contributed by atoms with E-state index in [-0.39, 0.29) is 35.5 Å². The summed E-state index contributed by atoms with van der Waals surface area (Å²) in [4.78, 5) is 32.5. The van der Waals surface area contributed by atoms with Gasteiger partial charge in [0.15, 0.2) is 5.96 Å². The van der Waals surface area contributed by atoms with Crippen LogP contribution in [0.15, 0.2) is 96.0 Å². The Labute approximate surface area is 247 Å². The van der Waals surface area contributed by atoms with Crippen LogP contribution in [0.3, 0.4) is 0 Å². The number of amides is 2. The molecule has 1 fully saturated rings. The average molecular weight is 569 g/mol. The van der Waals surface area contributed by atoms with Crippen molar-refractivity contribution in [2.24, 2.45) is 16.5 Å². The van der Waals surface area contributed by atoms with Crippen molar-refractivity contribution >= 4 is 23.8 Å². The molecule has 220 valence electrons. The summed E-state index contributed by atoms with van der Waals surface area (Å²) >= 11 is 0. The molecule has 4 rings (SSSR count). The molecule has 0 unspecified atom stereocenters. The van der Waals surface area contributed by atoms with Crippen molar-refractivity contribution in [3.05, 3.63) is 108 Å². The Morgan fingerprint density at radius 3 is 2.38 bits per heavy atom. The first-order chi connectivity index (χ1) is 20.4. The van der Waals surface area contributed by atoms with Crippen molar-refractivity contribution in [3.63, 3.8) is 0 Å². The van der Waals surface area contributed by atoms with Crippen molar-refractivity contribution < 1.29 is 14.7 Å². The van der Waals surface area contributed by atoms with Crippen LogP contribution in [0.25, 0.3) is 6.08 Å². The summed E-state index contributed by atoms with van der Waals surface area (Å²) in [6.07, 6.45) is 4.99. The van der Waals surface area contributed by atoms with E-state index in [1.165, 1.54) is 6.08 Å². The molecule has 1 aliphatic heterocycles. The fourth-order valence-electron chi connectivity index (χ4n) is 5.21. The Bertz CT molecular complexity index is 1320. The predicted molar refractivity (Wildman–Crippen MR) is 167 cm³/mol. The first-order valence-corrected chi connectivity index (χ1v) is 14.3. The molecule has 7 N–H and O–H groups in total. The van der Waals surface area contributed by atoms with Gasteiger partial charge in [-0.1, -0.05) is 72.8 Å². The Kier molecular flexibility index (Phi) is 11.1. The number of carbonyl (C=O) groups excluding carboxylic acids is 2. The van der Waals surface area contributed by atoms with Crippen molar-refractivity contribution in [3.8, 4) is 5.75 Å². The summed E-state index contributed by atoms with van der Waals surface area (Å²) in [5, 5.41) is 16.1. The maximum absolute atomic E-state index is 13.9. The van der Waals surface area contributed by atoms with Gasteiger partial charge >= 0.3 is 0 Å². The minimum Gasteiger partial charge on any atom is -0.508 e. The number of nitrogens with one attached hydrogen (secondary N) is 2. The van der Waals surface area contributed by atoms with E-state index in [1.807, 2.05) is 47.4 Å². The molecule has 0 radical (unpaired) electrons. The molecule has 0 aliphatic carbocycles. The molecule has 1 aliphatic rings. The van der Waals surface area contributed by atoms with E-state index in [0.717, 1.165) is 16.7 Å². The first-order valence-electron chi connectivity index (χ1n) is 14.3. The van der Waals surface area contributed by atoms with Crippen LogP contribution in [0.2, 0.25) is 0 Å². The van der Waals surface area contributed by atoms with Crippen LogP contribution in [0.4, 0.5) is 0 Å². The van der Waals surface area contributed by atoms with Crippen LogP contribution in [0.5, 0.6) is 5.75 Å². The van der Waals surface area contributed by atoms with Crippen LogP contribution < -0.4 is 22.1 Å². The zero-order valence-corrected chi connectivity index (χ0v) is 23.7. The molecule has 2 atom stereocenters. The zero-order chi connectivity index (χ0) is 29.7. The van der Waals surface area contributed by atoms with Gasteiger partial charge in [-0.15, -0.1) is 0 Å². The first kappa shape index (κ1) is 30.3. The lowest BCUT2D eigenvalue weighted by atomic mass is 9.90. The highest BCUT2D eigenvalue weighted by atomic mass is 16.3. The molecule has 0 saturated carbocycles. The Hall–Kier alpha value is -4.63. The summed E-state index contributed by atoms with van der Waals surface area (Å²) in [5.74, 6) is -0.0106. The van der Waals surface area contributed by atoms with Crippen molar-refractivity contribution in [1.29, 1.82) is 0 Å². The van der Waals surface area contributed by atoms with Gasteiger partial charge in [0, 0.05) is 44.2 Å². The lowest BCUT2D eigenvalue weighted by molar-refractivity contribution is -0.133. The fourth-order valence-corrected chi connectivity index (χ4v) is 5.21. The highest BCUT2D eigenvalue weighted by Gasteiger charge is 2.32. The van der Waals surface area contributed by atoms with Crippen molar-refractivity contribution in [2.45, 2.75) is 37.3 Å². The lowest BCUT2D eigenvalue weighted by Gasteiger charge is -2.29. The highest BCUT2D eigenvalue weighted by molar-refractivity contribution is 5.91. The summed E-state index contributed by atoms with van der Waals surface area (Å²) in [5.41, 5.74) is 14.0. The van der Waals surface area contributed by atoms with Crippen LogP contribution in [-0.4, -0.2) is 66.0 Å². The van der Waals surface area contributed by atoms with E-state index >= 15 is 0 Å². The number of guanidine groups is 1. The summed E-state index contributed by atoms with van der Waals surface area (Å²) < 4.78 is 0. The highest BCUT2D eigenvalue weighted by Crippen LogP contribution is 2.27. The van der Waals surface area contributed by atoms with E-state index < -0.39 is 6.04 Å². The van der Waals surface area contributed by atoms with Crippen LogP contribution >= 0.6 is 0 Å². The number of benzene rings is 3. The molecule has 1 heterocycles. The molecular formula is C33H40N6O3. The van der Waals surface area contributed by atoms with E-state index in [1.54, 1.807) is 24.3 Å². The third-order valence-corrected chi connectivity index (χ3v) is 7.37. The molecule has 0 aromatic heterocycles. The number of nitrogens with two attached hydrogens (primary N) is 2. The standard InChI is InChI=1S/C33H40N6O3/c34-33(35)36-19-8-15-30-32(42)39(23-29(25-10-3-1-4-11-25)26-12-5-2-6-13-26)20-18-27(38-30)22-37-31(41)17-16-24-9-7-14-28(40)21-24/h1-7,9-14,16-17,21,27,29-30,38,40H,8,15,18-20,22-23H2,(H,37,41)(H4,34,35,36)/b17-16+/t27-,30-/m0/s1. The topological polar surface area (TPSA) is 146 Å². The number of carbonyl (C=O) groups is 2. The Morgan fingerprint density at radius 2 is 1.74 bits per heavy atom. The summed E-state index contributed by atoms with van der Waals surface area (Å²) in [6, 6.07) is 26.7. The maximum Gasteiger partial charge on any atom is 0.244 e. The molecule has 42 heavy (non-hydrogen) atoms. The average Bonchev–Trinajstić information content (AvgIpc) is 3.14. The summed E-state index contributed by atoms with van der Waals surface area (Å²) in [6.45, 7) is 1.91. The van der Waals surface area contributed by atoms with E-state index in [9.17, 15) is 14.7 Å². The zero-order valence-electron chi connectivity index (χ0n) is 23.7. The fraction of sp³-hybridized carbons (Fsp3) is 0.303. The number of nitrogens with zero attached hydrogens (tertiary/aromatic N) is 2. The van der Waals surface area contributed by atoms with Gasteiger partial charge in [-0.25, -0.2) is 0 Å². The van der Waals surface area contributed by atoms with E-state index in [0.29, 0.717) is 45.4 Å². The summed E-state index contributed by atoms with van der Waals surface area (Å²) in [7, 11) is 0. The van der Waals surface area contributed by atoms with Gasteiger partial charge in [0.05, 0.1) is 6.04 Å². The SMILES string of the molecule is NC(N)=NCCC[C@@H]1N[C@H](CNC(=O)/C=C/c2cccc(O)c2)CCN(CC(c2ccccc2)c2ccccc2)C1=O. The molecule has 9 nitrogen and oxygen atoms in total. The number of hydrogen-bond donors (Lipinski definition) is 5. The van der Waals surface area contributed by atoms with Crippen LogP contribution in [0, 0.1) is 0 Å². The van der Waals surface area contributed by atoms with Crippen molar-refractivity contribution in [2.75, 3.05) is 26.2 Å². The van der Waals surface area contributed by atoms with Gasteiger partial charge in [-0.05, 0) is 54.2 Å². The lowest BCUT2D eigenvalue weighted by Crippen LogP contribution is -2.49. The quantitative estimate of drug-likeness (QED) is 0.0983. The van der Waals surface area contributed by atoms with E-state index in [2.05, 4.69) is 39.9 Å². The molecule has 3 aromatic carbocycles. The van der Waals surface area contributed by atoms with Gasteiger partial charge in [-0.3, -0.25) is 14.6 Å². The molecule has 2 amide bonds. The number of hydrogen-bond acceptors (Lipinski definition) is 5. The molecular weight excluding hydrogens is 528 g/mol. The van der Waals surface area contributed by atoms with Crippen LogP contribution in [0.1, 0.15) is 41.9 Å². The predicted octanol–water partition coefficient (Wildman–Crippen LogP) is 2.97. The van der Waals surface area contributed by atoms with E-state index in [4.69, 9.17) is 11.5 Å². The Morgan fingerprint density at radius 1 is 1.05 bits per heavy atom. The maximum atomic E-state index is 13.9. The number of phenolic OH excluding ortho intramolecular Hbond substituents is 1. The Balaban J connectivity index is 1.46. The smallest absolute Gasteiger partial charge is 0.244 e. The molecule has 1 saturated heterocycles. The molecule has 3 aromatic rings. The van der Waals surface area contributed by atoms with Gasteiger partial charge in [-0.2, -0.15) is 0 Å². The molecule has 9 heteroatoms. The van der Waals surface area contributed by atoms with Gasteiger partial charge in [0.25, 0.3) is 0 Å². The molecule has 0 bridgehead atoms. The number of phenols is 1. The third-order valence-electron chi connectivity index (χ3n) is 7.37. The normalized spacial score (nSPS) is 17.3. The minimum atomic E-state index is -0.432. The van der Waals surface area contributed by atoms with Crippen LogP contribution in [-0.2, 0) is 9.59 Å². The van der Waals surface area contributed by atoms with Gasteiger partial charge in [0.1, 0.15) is 5.75 Å². The van der Waals surface area contributed by atoms with Crippen molar-refractivity contribution in [1.82, 2.24) is 15.5 Å². The number of rotatable bonds is 12. The minimum absolute atomic E-state index is 0.0254. The third kappa shape index (κ3) is 9.21. The number of aliphatic imine (C=N–C) groups is 1. The number of aromatic hydroxyl groups is 1.